The van der Waals surface area contributed by atoms with Crippen molar-refractivity contribution >= 4 is 22.8 Å². The van der Waals surface area contributed by atoms with E-state index in [9.17, 15) is 9.59 Å². The molecule has 1 amide bonds. The van der Waals surface area contributed by atoms with Crippen molar-refractivity contribution < 1.29 is 23.0 Å². The van der Waals surface area contributed by atoms with Crippen LogP contribution in [0.4, 0.5) is 14.6 Å². The van der Waals surface area contributed by atoms with Crippen LogP contribution in [-0.4, -0.2) is 76.3 Å². The first-order valence-electron chi connectivity index (χ1n) is 14.7. The predicted molar refractivity (Wildman–Crippen MR) is 168 cm³/mol. The van der Waals surface area contributed by atoms with Gasteiger partial charge in [0.1, 0.15) is 29.7 Å². The van der Waals surface area contributed by atoms with Gasteiger partial charge in [-0.2, -0.15) is 4.98 Å². The number of piperazine rings is 1. The average molecular weight is 619 g/mol. The third kappa shape index (κ3) is 6.02. The van der Waals surface area contributed by atoms with E-state index >= 15 is 8.78 Å². The van der Waals surface area contributed by atoms with Gasteiger partial charge in [-0.25, -0.2) is 23.1 Å². The zero-order valence-electron chi connectivity index (χ0n) is 26.0. The van der Waals surface area contributed by atoms with E-state index in [2.05, 4.69) is 21.5 Å². The van der Waals surface area contributed by atoms with E-state index in [0.717, 1.165) is 5.56 Å². The van der Waals surface area contributed by atoms with Gasteiger partial charge >= 0.3 is 5.69 Å². The number of fused-ring (bicyclic) bond motifs is 1. The molecule has 12 heteroatoms. The molecule has 1 aromatic carbocycles. The minimum Gasteiger partial charge on any atom is -0.490 e. The molecule has 1 aliphatic rings. The molecule has 0 bridgehead atoms. The average Bonchev–Trinajstić information content (AvgIpc) is 3.01. The van der Waals surface area contributed by atoms with Crippen LogP contribution in [0.2, 0.25) is 0 Å². The normalized spacial score (nSPS) is 15.2. The number of rotatable bonds is 9. The molecule has 1 saturated heterocycles. The van der Waals surface area contributed by atoms with Crippen molar-refractivity contribution in [3.63, 3.8) is 0 Å². The largest absolute Gasteiger partial charge is 0.490 e. The maximum atomic E-state index is 16.2. The maximum absolute atomic E-state index is 16.2. The number of hydrogen-bond acceptors (Lipinski definition) is 8. The fraction of sp³-hybridized carbons (Fsp3) is 0.364. The Morgan fingerprint density at radius 1 is 1.16 bits per heavy atom. The molecule has 5 rings (SSSR count). The lowest BCUT2D eigenvalue weighted by atomic mass is 10.0. The molecule has 1 atom stereocenters. The summed E-state index contributed by atoms with van der Waals surface area (Å²) in [5.41, 5.74) is 0.775. The standard InChI is InChI=1S/C33H36F2N6O4/c1-7-26(42)39-13-14-40(21(5)18-39)31-22-17-24(35)29(27-23(34)9-8-10-25(27)45-16-15-44-6)37-32(22)41(33(43)38-31)30-20(4)11-12-36-28(30)19(2)3/h7-12,17,19,21H,1,13-16,18H2,2-6H3/t21-/m0/s1. The molecule has 10 nitrogen and oxygen atoms in total. The summed E-state index contributed by atoms with van der Waals surface area (Å²) in [6, 6.07) is 6.92. The molecule has 236 valence electrons. The third-order valence-corrected chi connectivity index (χ3v) is 7.87. The van der Waals surface area contributed by atoms with Gasteiger partial charge in [0.05, 0.1) is 28.9 Å². The van der Waals surface area contributed by atoms with E-state index < -0.39 is 17.3 Å². The first kappa shape index (κ1) is 31.7. The lowest BCUT2D eigenvalue weighted by Gasteiger charge is -2.40. The Balaban J connectivity index is 1.81. The Morgan fingerprint density at radius 3 is 2.62 bits per heavy atom. The first-order valence-corrected chi connectivity index (χ1v) is 14.7. The number of carbonyl (C=O) groups excluding carboxylic acids is 1. The molecule has 3 aromatic heterocycles. The first-order chi connectivity index (χ1) is 21.6. The van der Waals surface area contributed by atoms with Crippen molar-refractivity contribution in [3.8, 4) is 22.7 Å². The number of pyridine rings is 2. The van der Waals surface area contributed by atoms with Gasteiger partial charge in [-0.1, -0.05) is 26.5 Å². The fourth-order valence-corrected chi connectivity index (χ4v) is 5.68. The lowest BCUT2D eigenvalue weighted by Crippen LogP contribution is -2.54. The van der Waals surface area contributed by atoms with Gasteiger partial charge in [0.2, 0.25) is 5.91 Å². The highest BCUT2D eigenvalue weighted by molar-refractivity contribution is 5.91. The number of nitrogens with zero attached hydrogens (tertiary/aromatic N) is 6. The molecule has 4 aromatic rings. The third-order valence-electron chi connectivity index (χ3n) is 7.87. The second-order valence-electron chi connectivity index (χ2n) is 11.2. The SMILES string of the molecule is C=CC(=O)N1CCN(c2nc(=O)n(-c3c(C)ccnc3C(C)C)c3nc(-c4c(F)cccc4OCCOC)c(F)cc23)[C@@H](C)C1. The smallest absolute Gasteiger partial charge is 0.355 e. The van der Waals surface area contributed by atoms with Crippen molar-refractivity contribution in [1.82, 2.24) is 24.4 Å². The van der Waals surface area contributed by atoms with E-state index in [1.165, 1.54) is 42.0 Å². The maximum Gasteiger partial charge on any atom is 0.355 e. The van der Waals surface area contributed by atoms with Gasteiger partial charge in [0, 0.05) is 39.0 Å². The molecule has 4 heterocycles. The zero-order chi connectivity index (χ0) is 32.4. The van der Waals surface area contributed by atoms with E-state index in [0.29, 0.717) is 31.0 Å². The van der Waals surface area contributed by atoms with Crippen LogP contribution in [0.3, 0.4) is 0 Å². The van der Waals surface area contributed by atoms with E-state index in [1.54, 1.807) is 17.2 Å². The monoisotopic (exact) mass is 618 g/mol. The number of carbonyl (C=O) groups is 1. The summed E-state index contributed by atoms with van der Waals surface area (Å²) >= 11 is 0. The molecule has 0 saturated carbocycles. The molecule has 0 aliphatic carbocycles. The van der Waals surface area contributed by atoms with Crippen molar-refractivity contribution in [2.45, 2.75) is 39.7 Å². The van der Waals surface area contributed by atoms with Crippen molar-refractivity contribution in [2.24, 2.45) is 0 Å². The van der Waals surface area contributed by atoms with Gasteiger partial charge in [-0.3, -0.25) is 9.78 Å². The second kappa shape index (κ2) is 13.1. The summed E-state index contributed by atoms with van der Waals surface area (Å²) in [4.78, 5) is 43.6. The Hall–Kier alpha value is -4.71. The molecule has 45 heavy (non-hydrogen) atoms. The predicted octanol–water partition coefficient (Wildman–Crippen LogP) is 4.80. The Kier molecular flexibility index (Phi) is 9.24. The molecule has 0 unspecified atom stereocenters. The van der Waals surface area contributed by atoms with Crippen LogP contribution in [0, 0.1) is 18.6 Å². The van der Waals surface area contributed by atoms with Crippen LogP contribution in [0.15, 0.2) is 54.0 Å². The molecule has 0 radical (unpaired) electrons. The van der Waals surface area contributed by atoms with Crippen molar-refractivity contribution in [1.29, 1.82) is 0 Å². The van der Waals surface area contributed by atoms with Crippen LogP contribution in [-0.2, 0) is 9.53 Å². The number of hydrogen-bond donors (Lipinski definition) is 0. The quantitative estimate of drug-likeness (QED) is 0.195. The van der Waals surface area contributed by atoms with Crippen LogP contribution in [0.25, 0.3) is 28.0 Å². The summed E-state index contributed by atoms with van der Waals surface area (Å²) in [6.07, 6.45) is 2.92. The minimum absolute atomic E-state index is 0.0794. The number of halogens is 2. The van der Waals surface area contributed by atoms with Crippen LogP contribution in [0.5, 0.6) is 5.75 Å². The topological polar surface area (TPSA) is 103 Å². The summed E-state index contributed by atoms with van der Waals surface area (Å²) in [6.45, 7) is 12.6. The van der Waals surface area contributed by atoms with Crippen molar-refractivity contribution in [3.05, 3.63) is 82.6 Å². The molecule has 1 fully saturated rings. The minimum atomic E-state index is -0.822. The number of amides is 1. The highest BCUT2D eigenvalue weighted by Gasteiger charge is 2.31. The lowest BCUT2D eigenvalue weighted by molar-refractivity contribution is -0.126. The van der Waals surface area contributed by atoms with Gasteiger partial charge in [0.15, 0.2) is 11.5 Å². The van der Waals surface area contributed by atoms with Crippen molar-refractivity contribution in [2.75, 3.05) is 44.9 Å². The van der Waals surface area contributed by atoms with E-state index in [-0.39, 0.29) is 64.9 Å². The summed E-state index contributed by atoms with van der Waals surface area (Å²) in [5, 5.41) is 0.252. The highest BCUT2D eigenvalue weighted by atomic mass is 19.1. The fourth-order valence-electron chi connectivity index (χ4n) is 5.68. The second-order valence-corrected chi connectivity index (χ2v) is 11.2. The molecular weight excluding hydrogens is 582 g/mol. The number of benzene rings is 1. The zero-order valence-corrected chi connectivity index (χ0v) is 26.0. The molecular formula is C33H36F2N6O4. The Labute approximate surface area is 259 Å². The van der Waals surface area contributed by atoms with Crippen LogP contribution in [0.1, 0.15) is 37.9 Å². The number of methoxy groups -OCH3 is 1. The Morgan fingerprint density at radius 2 is 1.93 bits per heavy atom. The summed E-state index contributed by atoms with van der Waals surface area (Å²) in [7, 11) is 1.51. The van der Waals surface area contributed by atoms with Crippen LogP contribution >= 0.6 is 0 Å². The van der Waals surface area contributed by atoms with Gasteiger partial charge in [-0.05, 0) is 55.7 Å². The molecule has 0 spiro atoms. The molecule has 0 N–H and O–H groups in total. The van der Waals surface area contributed by atoms with Gasteiger partial charge < -0.3 is 19.3 Å². The number of aryl methyl sites for hydroxylation is 1. The van der Waals surface area contributed by atoms with Gasteiger partial charge in [-0.15, -0.1) is 0 Å². The number of anilines is 1. The van der Waals surface area contributed by atoms with Gasteiger partial charge in [0.25, 0.3) is 0 Å². The van der Waals surface area contributed by atoms with Crippen LogP contribution < -0.4 is 15.3 Å². The number of aromatic nitrogens is 4. The number of ether oxygens (including phenoxy) is 2. The molecule has 1 aliphatic heterocycles. The summed E-state index contributed by atoms with van der Waals surface area (Å²) in [5.74, 6) is -1.54. The summed E-state index contributed by atoms with van der Waals surface area (Å²) < 4.78 is 43.8. The van der Waals surface area contributed by atoms with E-state index in [4.69, 9.17) is 9.47 Å². The highest BCUT2D eigenvalue weighted by Crippen LogP contribution is 2.37. The van der Waals surface area contributed by atoms with E-state index in [1.807, 2.05) is 32.6 Å². The Bertz CT molecular complexity index is 1830.